The van der Waals surface area contributed by atoms with Gasteiger partial charge in [-0.25, -0.2) is 13.2 Å². The minimum Gasteiger partial charge on any atom is -0.469 e. The van der Waals surface area contributed by atoms with E-state index in [1.807, 2.05) is 0 Å². The van der Waals surface area contributed by atoms with E-state index in [0.717, 1.165) is 15.6 Å². The average molecular weight is 335 g/mol. The Kier molecular flexibility index (Phi) is 6.31. The number of sulfonamides is 1. The summed E-state index contributed by atoms with van der Waals surface area (Å²) < 4.78 is 35.3. The molecular formula is C12H17NO6S2. The first kappa shape index (κ1) is 17.6. The monoisotopic (exact) mass is 335 g/mol. The summed E-state index contributed by atoms with van der Waals surface area (Å²) in [5.41, 5.74) is 0. The molecule has 1 rings (SSSR count). The number of hydrogen-bond donors (Lipinski definition) is 0. The lowest BCUT2D eigenvalue weighted by molar-refractivity contribution is -0.140. The van der Waals surface area contributed by atoms with Crippen LogP contribution >= 0.6 is 11.3 Å². The Bertz CT molecular complexity index is 607. The van der Waals surface area contributed by atoms with Crippen molar-refractivity contribution in [1.82, 2.24) is 4.31 Å². The molecule has 0 spiro atoms. The molecule has 1 aromatic rings. The van der Waals surface area contributed by atoms with Crippen molar-refractivity contribution in [1.29, 1.82) is 0 Å². The van der Waals surface area contributed by atoms with Crippen LogP contribution in [0.25, 0.3) is 0 Å². The van der Waals surface area contributed by atoms with Crippen molar-refractivity contribution in [3.05, 3.63) is 16.3 Å². The fourth-order valence-electron chi connectivity index (χ4n) is 1.65. The third-order valence-corrected chi connectivity index (χ3v) is 5.80. The standard InChI is InChI=1S/C12H17NO6S2/c1-4-13(7-5-10(14)18-2)21(16,17)9-6-8-20-11(9)12(15)19-3/h6,8H,4-5,7H2,1-3H3. The van der Waals surface area contributed by atoms with Gasteiger partial charge >= 0.3 is 11.9 Å². The van der Waals surface area contributed by atoms with Crippen molar-refractivity contribution in [2.45, 2.75) is 18.2 Å². The molecule has 0 radical (unpaired) electrons. The van der Waals surface area contributed by atoms with Gasteiger partial charge in [0.25, 0.3) is 0 Å². The summed E-state index contributed by atoms with van der Waals surface area (Å²) in [6.45, 7) is 1.82. The SMILES string of the molecule is CCN(CCC(=O)OC)S(=O)(=O)c1ccsc1C(=O)OC. The molecule has 118 valence electrons. The molecule has 0 atom stereocenters. The summed E-state index contributed by atoms with van der Waals surface area (Å²) >= 11 is 0.994. The molecule has 0 saturated carbocycles. The van der Waals surface area contributed by atoms with Crippen LogP contribution in [0.1, 0.15) is 23.0 Å². The van der Waals surface area contributed by atoms with Crippen molar-refractivity contribution in [3.8, 4) is 0 Å². The Morgan fingerprint density at radius 2 is 1.95 bits per heavy atom. The number of carbonyl (C=O) groups is 2. The average Bonchev–Trinajstić information content (AvgIpc) is 2.96. The Morgan fingerprint density at radius 1 is 1.29 bits per heavy atom. The Labute approximate surface area is 127 Å². The van der Waals surface area contributed by atoms with Crippen LogP contribution in [0.15, 0.2) is 16.3 Å². The van der Waals surface area contributed by atoms with Gasteiger partial charge in [0.2, 0.25) is 10.0 Å². The van der Waals surface area contributed by atoms with Crippen LogP contribution in [-0.2, 0) is 24.3 Å². The fraction of sp³-hybridized carbons (Fsp3) is 0.500. The number of esters is 2. The molecule has 21 heavy (non-hydrogen) atoms. The maximum atomic E-state index is 12.5. The number of nitrogens with zero attached hydrogens (tertiary/aromatic N) is 1. The van der Waals surface area contributed by atoms with E-state index in [2.05, 4.69) is 9.47 Å². The smallest absolute Gasteiger partial charge is 0.349 e. The van der Waals surface area contributed by atoms with E-state index < -0.39 is 22.0 Å². The molecule has 0 N–H and O–H groups in total. The van der Waals surface area contributed by atoms with Gasteiger partial charge in [0, 0.05) is 13.1 Å². The van der Waals surface area contributed by atoms with Crippen LogP contribution in [0.2, 0.25) is 0 Å². The molecule has 0 aromatic carbocycles. The van der Waals surface area contributed by atoms with E-state index >= 15 is 0 Å². The zero-order valence-electron chi connectivity index (χ0n) is 12.0. The topological polar surface area (TPSA) is 90.0 Å². The summed E-state index contributed by atoms with van der Waals surface area (Å²) in [6, 6.07) is 1.35. The maximum Gasteiger partial charge on any atom is 0.349 e. The second-order valence-corrected chi connectivity index (χ2v) is 6.75. The molecule has 1 heterocycles. The second-order valence-electron chi connectivity index (χ2n) is 3.93. The predicted molar refractivity (Wildman–Crippen MR) is 76.7 cm³/mol. The first-order valence-corrected chi connectivity index (χ1v) is 8.43. The molecule has 0 aliphatic rings. The van der Waals surface area contributed by atoms with Crippen LogP contribution in [0.4, 0.5) is 0 Å². The summed E-state index contributed by atoms with van der Waals surface area (Å²) in [6.07, 6.45) is -0.0543. The number of methoxy groups -OCH3 is 2. The minimum atomic E-state index is -3.86. The zero-order chi connectivity index (χ0) is 16.0. The quantitative estimate of drug-likeness (QED) is 0.693. The molecule has 0 aliphatic carbocycles. The van der Waals surface area contributed by atoms with Gasteiger partial charge in [-0.1, -0.05) is 6.92 Å². The van der Waals surface area contributed by atoms with Gasteiger partial charge in [-0.2, -0.15) is 4.31 Å². The first-order chi connectivity index (χ1) is 9.88. The molecule has 1 aromatic heterocycles. The van der Waals surface area contributed by atoms with Gasteiger partial charge in [0.1, 0.15) is 9.77 Å². The van der Waals surface area contributed by atoms with Crippen LogP contribution in [0.5, 0.6) is 0 Å². The second kappa shape index (κ2) is 7.53. The zero-order valence-corrected chi connectivity index (χ0v) is 13.6. The molecule has 0 amide bonds. The molecule has 9 heteroatoms. The van der Waals surface area contributed by atoms with Crippen LogP contribution in [0, 0.1) is 0 Å². The fourth-order valence-corrected chi connectivity index (χ4v) is 4.41. The van der Waals surface area contributed by atoms with E-state index in [9.17, 15) is 18.0 Å². The first-order valence-electron chi connectivity index (χ1n) is 6.11. The lowest BCUT2D eigenvalue weighted by atomic mass is 10.4. The van der Waals surface area contributed by atoms with E-state index in [1.165, 1.54) is 25.7 Å². The molecule has 0 unspecified atom stereocenters. The molecule has 0 bridgehead atoms. The van der Waals surface area contributed by atoms with Crippen molar-refractivity contribution in [2.24, 2.45) is 0 Å². The maximum absolute atomic E-state index is 12.5. The molecule has 0 aliphatic heterocycles. The third-order valence-electron chi connectivity index (χ3n) is 2.76. The Morgan fingerprint density at radius 3 is 2.48 bits per heavy atom. The number of rotatable bonds is 7. The summed E-state index contributed by atoms with van der Waals surface area (Å²) in [4.78, 5) is 22.7. The number of thiophene rings is 1. The lowest BCUT2D eigenvalue weighted by Crippen LogP contribution is -2.33. The highest BCUT2D eigenvalue weighted by Gasteiger charge is 2.30. The van der Waals surface area contributed by atoms with Crippen LogP contribution in [-0.4, -0.2) is 52.0 Å². The number of ether oxygens (including phenoxy) is 2. The molecular weight excluding hydrogens is 318 g/mol. The highest BCUT2D eigenvalue weighted by Crippen LogP contribution is 2.26. The van der Waals surface area contributed by atoms with Crippen LogP contribution in [0.3, 0.4) is 0 Å². The van der Waals surface area contributed by atoms with Crippen molar-refractivity contribution < 1.29 is 27.5 Å². The molecule has 0 fully saturated rings. The van der Waals surface area contributed by atoms with E-state index in [-0.39, 0.29) is 29.3 Å². The Balaban J connectivity index is 3.05. The van der Waals surface area contributed by atoms with Gasteiger partial charge in [-0.05, 0) is 11.4 Å². The van der Waals surface area contributed by atoms with Gasteiger partial charge in [-0.15, -0.1) is 11.3 Å². The van der Waals surface area contributed by atoms with Gasteiger partial charge < -0.3 is 9.47 Å². The normalized spacial score (nSPS) is 11.4. The lowest BCUT2D eigenvalue weighted by Gasteiger charge is -2.19. The largest absolute Gasteiger partial charge is 0.469 e. The van der Waals surface area contributed by atoms with Crippen molar-refractivity contribution in [2.75, 3.05) is 27.3 Å². The highest BCUT2D eigenvalue weighted by atomic mass is 32.2. The van der Waals surface area contributed by atoms with E-state index in [4.69, 9.17) is 0 Å². The van der Waals surface area contributed by atoms with Gasteiger partial charge in [-0.3, -0.25) is 4.79 Å². The Hall–Kier alpha value is -1.45. The predicted octanol–water partition coefficient (Wildman–Crippen LogP) is 1.11. The minimum absolute atomic E-state index is 0.0119. The number of hydrogen-bond acceptors (Lipinski definition) is 7. The summed E-state index contributed by atoms with van der Waals surface area (Å²) in [5, 5.41) is 1.51. The van der Waals surface area contributed by atoms with Crippen molar-refractivity contribution >= 4 is 33.3 Å². The van der Waals surface area contributed by atoms with Crippen molar-refractivity contribution in [3.63, 3.8) is 0 Å². The third kappa shape index (κ3) is 4.02. The molecule has 0 saturated heterocycles. The highest BCUT2D eigenvalue weighted by molar-refractivity contribution is 7.89. The summed E-state index contributed by atoms with van der Waals surface area (Å²) in [5.74, 6) is -1.20. The van der Waals surface area contributed by atoms with Gasteiger partial charge in [0.05, 0.1) is 20.6 Å². The molecule has 7 nitrogen and oxygen atoms in total. The van der Waals surface area contributed by atoms with E-state index in [0.29, 0.717) is 0 Å². The van der Waals surface area contributed by atoms with Crippen LogP contribution < -0.4 is 0 Å². The summed E-state index contributed by atoms with van der Waals surface area (Å²) in [7, 11) is -1.44. The van der Waals surface area contributed by atoms with E-state index in [1.54, 1.807) is 6.92 Å². The van der Waals surface area contributed by atoms with Gasteiger partial charge in [0.15, 0.2) is 0 Å². The number of carbonyl (C=O) groups excluding carboxylic acids is 2.